The van der Waals surface area contributed by atoms with Crippen molar-refractivity contribution >= 4 is 6.08 Å². The Morgan fingerprint density at radius 3 is 2.73 bits per heavy atom. The lowest BCUT2D eigenvalue weighted by molar-refractivity contribution is 0.454. The SMILES string of the molecule is CC(C)(CN)C1=Cc2cccc(F)c2C1. The van der Waals surface area contributed by atoms with Gasteiger partial charge in [0.2, 0.25) is 0 Å². The van der Waals surface area contributed by atoms with Crippen LogP contribution in [0.25, 0.3) is 6.08 Å². The van der Waals surface area contributed by atoms with E-state index in [1.165, 1.54) is 11.6 Å². The molecule has 1 aromatic rings. The monoisotopic (exact) mass is 205 g/mol. The van der Waals surface area contributed by atoms with Gasteiger partial charge in [0.25, 0.3) is 0 Å². The molecule has 0 amide bonds. The van der Waals surface area contributed by atoms with Crippen molar-refractivity contribution in [3.05, 3.63) is 40.7 Å². The third kappa shape index (κ3) is 1.70. The molecular weight excluding hydrogens is 189 g/mol. The lowest BCUT2D eigenvalue weighted by Gasteiger charge is -2.24. The minimum atomic E-state index is -0.105. The summed E-state index contributed by atoms with van der Waals surface area (Å²) in [5.41, 5.74) is 8.74. The largest absolute Gasteiger partial charge is 0.330 e. The maximum Gasteiger partial charge on any atom is 0.127 e. The number of halogens is 1. The van der Waals surface area contributed by atoms with Crippen molar-refractivity contribution in [1.29, 1.82) is 0 Å². The van der Waals surface area contributed by atoms with Crippen LogP contribution in [0.3, 0.4) is 0 Å². The van der Waals surface area contributed by atoms with Crippen LogP contribution in [0.4, 0.5) is 4.39 Å². The molecule has 0 heterocycles. The van der Waals surface area contributed by atoms with Crippen molar-refractivity contribution in [1.82, 2.24) is 0 Å². The molecule has 0 fully saturated rings. The molecule has 0 aliphatic heterocycles. The van der Waals surface area contributed by atoms with Gasteiger partial charge >= 0.3 is 0 Å². The molecule has 0 radical (unpaired) electrons. The molecule has 2 N–H and O–H groups in total. The average molecular weight is 205 g/mol. The summed E-state index contributed by atoms with van der Waals surface area (Å²) in [6.45, 7) is 4.79. The van der Waals surface area contributed by atoms with Crippen LogP contribution in [-0.2, 0) is 6.42 Å². The molecule has 1 nitrogen and oxygen atoms in total. The Kier molecular flexibility index (Phi) is 2.39. The quantitative estimate of drug-likeness (QED) is 0.789. The van der Waals surface area contributed by atoms with E-state index in [4.69, 9.17) is 5.73 Å². The van der Waals surface area contributed by atoms with Crippen molar-refractivity contribution in [2.24, 2.45) is 11.1 Å². The molecule has 80 valence electrons. The summed E-state index contributed by atoms with van der Waals surface area (Å²) in [6.07, 6.45) is 2.78. The zero-order valence-electron chi connectivity index (χ0n) is 9.18. The number of rotatable bonds is 2. The lowest BCUT2D eigenvalue weighted by Crippen LogP contribution is -2.25. The zero-order valence-corrected chi connectivity index (χ0v) is 9.18. The minimum absolute atomic E-state index is 0.0362. The maximum atomic E-state index is 13.5. The fraction of sp³-hybridized carbons (Fsp3) is 0.385. The van der Waals surface area contributed by atoms with Gasteiger partial charge < -0.3 is 5.73 Å². The molecule has 0 atom stereocenters. The molecule has 2 rings (SSSR count). The highest BCUT2D eigenvalue weighted by Crippen LogP contribution is 2.36. The summed E-state index contributed by atoms with van der Waals surface area (Å²) in [7, 11) is 0. The van der Waals surface area contributed by atoms with Gasteiger partial charge in [0, 0.05) is 6.54 Å². The minimum Gasteiger partial charge on any atom is -0.330 e. The van der Waals surface area contributed by atoms with Crippen LogP contribution < -0.4 is 5.73 Å². The first-order chi connectivity index (χ1) is 7.04. The van der Waals surface area contributed by atoms with E-state index in [2.05, 4.69) is 19.9 Å². The predicted molar refractivity (Wildman–Crippen MR) is 60.9 cm³/mol. The molecule has 0 bridgehead atoms. The van der Waals surface area contributed by atoms with Gasteiger partial charge in [-0.25, -0.2) is 4.39 Å². The normalized spacial score (nSPS) is 15.1. The van der Waals surface area contributed by atoms with Gasteiger partial charge in [-0.05, 0) is 29.0 Å². The van der Waals surface area contributed by atoms with Crippen molar-refractivity contribution in [2.45, 2.75) is 20.3 Å². The second kappa shape index (κ2) is 3.46. The highest BCUT2D eigenvalue weighted by molar-refractivity contribution is 5.65. The summed E-state index contributed by atoms with van der Waals surface area (Å²) >= 11 is 0. The molecule has 0 unspecified atom stereocenters. The highest BCUT2D eigenvalue weighted by Gasteiger charge is 2.27. The van der Waals surface area contributed by atoms with E-state index in [-0.39, 0.29) is 11.2 Å². The second-order valence-electron chi connectivity index (χ2n) is 4.74. The van der Waals surface area contributed by atoms with Crippen molar-refractivity contribution in [3.63, 3.8) is 0 Å². The van der Waals surface area contributed by atoms with Crippen LogP contribution in [0.5, 0.6) is 0 Å². The highest BCUT2D eigenvalue weighted by atomic mass is 19.1. The molecular formula is C13H16FN. The number of nitrogens with two attached hydrogens (primary N) is 1. The van der Waals surface area contributed by atoms with Crippen molar-refractivity contribution in [2.75, 3.05) is 6.54 Å². The van der Waals surface area contributed by atoms with Crippen LogP contribution >= 0.6 is 0 Å². The van der Waals surface area contributed by atoms with Gasteiger partial charge in [-0.2, -0.15) is 0 Å². The average Bonchev–Trinajstić information content (AvgIpc) is 2.64. The third-order valence-corrected chi connectivity index (χ3v) is 3.23. The lowest BCUT2D eigenvalue weighted by atomic mass is 9.83. The van der Waals surface area contributed by atoms with E-state index in [1.807, 2.05) is 6.07 Å². The summed E-state index contributed by atoms with van der Waals surface area (Å²) in [6, 6.07) is 5.23. The van der Waals surface area contributed by atoms with Crippen LogP contribution in [-0.4, -0.2) is 6.54 Å². The Morgan fingerprint density at radius 1 is 1.40 bits per heavy atom. The van der Waals surface area contributed by atoms with Gasteiger partial charge in [-0.15, -0.1) is 0 Å². The molecule has 1 aliphatic rings. The van der Waals surface area contributed by atoms with Gasteiger partial charge in [-0.3, -0.25) is 0 Å². The summed E-state index contributed by atoms with van der Waals surface area (Å²) in [5, 5.41) is 0. The molecule has 2 heteroatoms. The number of hydrogen-bond acceptors (Lipinski definition) is 1. The molecule has 0 saturated carbocycles. The Bertz CT molecular complexity index is 419. The van der Waals surface area contributed by atoms with E-state index in [9.17, 15) is 4.39 Å². The number of benzene rings is 1. The first-order valence-electron chi connectivity index (χ1n) is 5.23. The van der Waals surface area contributed by atoms with Crippen LogP contribution in [0, 0.1) is 11.2 Å². The number of hydrogen-bond donors (Lipinski definition) is 1. The van der Waals surface area contributed by atoms with E-state index in [0.717, 1.165) is 11.1 Å². The second-order valence-corrected chi connectivity index (χ2v) is 4.74. The smallest absolute Gasteiger partial charge is 0.127 e. The molecule has 1 aromatic carbocycles. The summed E-state index contributed by atoms with van der Waals surface area (Å²) in [4.78, 5) is 0. The third-order valence-electron chi connectivity index (χ3n) is 3.23. The van der Waals surface area contributed by atoms with Gasteiger partial charge in [0.15, 0.2) is 0 Å². The molecule has 0 aromatic heterocycles. The fourth-order valence-electron chi connectivity index (χ4n) is 1.89. The van der Waals surface area contributed by atoms with Gasteiger partial charge in [0.1, 0.15) is 5.82 Å². The molecule has 1 aliphatic carbocycles. The Balaban J connectivity index is 2.37. The van der Waals surface area contributed by atoms with Gasteiger partial charge in [-0.1, -0.05) is 37.6 Å². The molecule has 0 spiro atoms. The Labute approximate surface area is 89.8 Å². The Morgan fingerprint density at radius 2 is 2.13 bits per heavy atom. The van der Waals surface area contributed by atoms with Crippen LogP contribution in [0.1, 0.15) is 25.0 Å². The predicted octanol–water partition coefficient (Wildman–Crippen LogP) is 2.75. The fourth-order valence-corrected chi connectivity index (χ4v) is 1.89. The van der Waals surface area contributed by atoms with Crippen molar-refractivity contribution in [3.8, 4) is 0 Å². The first-order valence-corrected chi connectivity index (χ1v) is 5.23. The Hall–Kier alpha value is -1.15. The van der Waals surface area contributed by atoms with E-state index in [1.54, 1.807) is 6.07 Å². The zero-order chi connectivity index (χ0) is 11.1. The van der Waals surface area contributed by atoms with Crippen molar-refractivity contribution < 1.29 is 4.39 Å². The molecule has 15 heavy (non-hydrogen) atoms. The van der Waals surface area contributed by atoms with Crippen LogP contribution in [0.15, 0.2) is 23.8 Å². The topological polar surface area (TPSA) is 26.0 Å². The standard InChI is InChI=1S/C13H16FN/c1-13(2,8-15)10-6-9-4-3-5-12(14)11(9)7-10/h3-6H,7-8,15H2,1-2H3. The summed E-state index contributed by atoms with van der Waals surface area (Å²) < 4.78 is 13.5. The van der Waals surface area contributed by atoms with E-state index >= 15 is 0 Å². The molecule has 0 saturated heterocycles. The van der Waals surface area contributed by atoms with E-state index in [0.29, 0.717) is 13.0 Å². The van der Waals surface area contributed by atoms with Gasteiger partial charge in [0.05, 0.1) is 0 Å². The van der Waals surface area contributed by atoms with E-state index < -0.39 is 0 Å². The maximum absolute atomic E-state index is 13.5. The summed E-state index contributed by atoms with van der Waals surface area (Å²) in [5.74, 6) is -0.105. The van der Waals surface area contributed by atoms with Crippen LogP contribution in [0.2, 0.25) is 0 Å². The number of fused-ring (bicyclic) bond motifs is 1. The first kappa shape index (κ1) is 10.4.